The molecule has 1 heterocycles. The molecule has 1 aromatic heterocycles. The Balaban J connectivity index is 2.05. The van der Waals surface area contributed by atoms with E-state index in [1.54, 1.807) is 0 Å². The summed E-state index contributed by atoms with van der Waals surface area (Å²) in [6.45, 7) is 0.220. The first kappa shape index (κ1) is 10.6. The minimum absolute atomic E-state index is 0.220. The summed E-state index contributed by atoms with van der Waals surface area (Å²) < 4.78 is 0. The molecule has 0 spiro atoms. The highest BCUT2D eigenvalue weighted by molar-refractivity contribution is 5.09. The van der Waals surface area contributed by atoms with E-state index < -0.39 is 6.10 Å². The highest BCUT2D eigenvalue weighted by Gasteiger charge is 2.18. The van der Waals surface area contributed by atoms with Gasteiger partial charge in [0.05, 0.1) is 0 Å². The molecule has 4 heteroatoms. The van der Waals surface area contributed by atoms with Crippen LogP contribution >= 0.6 is 0 Å². The van der Waals surface area contributed by atoms with E-state index in [0.717, 1.165) is 5.69 Å². The van der Waals surface area contributed by atoms with Gasteiger partial charge in [-0.05, 0) is 12.8 Å². The van der Waals surface area contributed by atoms with Crippen LogP contribution < -0.4 is 5.73 Å². The van der Waals surface area contributed by atoms with Gasteiger partial charge in [0, 0.05) is 24.4 Å². The largest absolute Gasteiger partial charge is 0.384 e. The smallest absolute Gasteiger partial charge is 0.136 e. The number of nitrogens with zero attached hydrogens (tertiary/aromatic N) is 1. The SMILES string of the molecule is NCC(O)c1ncc(C2CCCCC2)[nH]1. The predicted octanol–water partition coefficient (Wildman–Crippen LogP) is 1.45. The van der Waals surface area contributed by atoms with Gasteiger partial charge in [0.1, 0.15) is 11.9 Å². The fraction of sp³-hybridized carbons (Fsp3) is 0.727. The molecule has 4 nitrogen and oxygen atoms in total. The Labute approximate surface area is 89.9 Å². The number of hydrogen-bond acceptors (Lipinski definition) is 3. The minimum atomic E-state index is -0.651. The zero-order valence-corrected chi connectivity index (χ0v) is 8.95. The molecule has 0 saturated heterocycles. The summed E-state index contributed by atoms with van der Waals surface area (Å²) in [7, 11) is 0. The number of rotatable bonds is 3. The molecule has 0 radical (unpaired) electrons. The molecule has 4 N–H and O–H groups in total. The molecule has 2 rings (SSSR count). The third-order valence-electron chi connectivity index (χ3n) is 3.20. The first-order chi connectivity index (χ1) is 7.31. The topological polar surface area (TPSA) is 74.9 Å². The molecule has 1 unspecified atom stereocenters. The highest BCUT2D eigenvalue weighted by atomic mass is 16.3. The van der Waals surface area contributed by atoms with Gasteiger partial charge in [0.25, 0.3) is 0 Å². The zero-order valence-electron chi connectivity index (χ0n) is 8.95. The van der Waals surface area contributed by atoms with Crippen LogP contribution in [0, 0.1) is 0 Å². The van der Waals surface area contributed by atoms with Crippen molar-refractivity contribution in [3.8, 4) is 0 Å². The highest BCUT2D eigenvalue weighted by Crippen LogP contribution is 2.31. The van der Waals surface area contributed by atoms with Crippen molar-refractivity contribution in [2.75, 3.05) is 6.54 Å². The summed E-state index contributed by atoms with van der Waals surface area (Å²) in [6.07, 6.45) is 7.63. The average molecular weight is 209 g/mol. The first-order valence-corrected chi connectivity index (χ1v) is 5.74. The summed E-state index contributed by atoms with van der Waals surface area (Å²) in [5.41, 5.74) is 6.55. The number of nitrogens with one attached hydrogen (secondary N) is 1. The van der Waals surface area contributed by atoms with Gasteiger partial charge in [-0.2, -0.15) is 0 Å². The molecule has 15 heavy (non-hydrogen) atoms. The maximum Gasteiger partial charge on any atom is 0.136 e. The molecule has 1 saturated carbocycles. The van der Waals surface area contributed by atoms with Crippen LogP contribution in [0.3, 0.4) is 0 Å². The summed E-state index contributed by atoms with van der Waals surface area (Å²) >= 11 is 0. The van der Waals surface area contributed by atoms with E-state index in [1.165, 1.54) is 32.1 Å². The van der Waals surface area contributed by atoms with Gasteiger partial charge in [0.2, 0.25) is 0 Å². The summed E-state index contributed by atoms with van der Waals surface area (Å²) in [5.74, 6) is 1.21. The molecule has 0 aromatic carbocycles. The fourth-order valence-corrected chi connectivity index (χ4v) is 2.25. The van der Waals surface area contributed by atoms with Crippen molar-refractivity contribution in [3.05, 3.63) is 17.7 Å². The van der Waals surface area contributed by atoms with E-state index in [2.05, 4.69) is 9.97 Å². The summed E-state index contributed by atoms with van der Waals surface area (Å²) in [5, 5.41) is 9.52. The standard InChI is InChI=1S/C11H19N3O/c12-6-10(15)11-13-7-9(14-11)8-4-2-1-3-5-8/h7-8,10,15H,1-6,12H2,(H,13,14). The maximum atomic E-state index is 9.52. The van der Waals surface area contributed by atoms with Crippen LogP contribution in [0.1, 0.15) is 55.6 Å². The molecule has 0 amide bonds. The van der Waals surface area contributed by atoms with Crippen molar-refractivity contribution in [3.63, 3.8) is 0 Å². The normalized spacial score (nSPS) is 20.4. The molecular formula is C11H19N3O. The van der Waals surface area contributed by atoms with Crippen molar-refractivity contribution >= 4 is 0 Å². The molecule has 1 aliphatic carbocycles. The third kappa shape index (κ3) is 2.38. The van der Waals surface area contributed by atoms with Gasteiger partial charge in [-0.25, -0.2) is 4.98 Å². The maximum absolute atomic E-state index is 9.52. The van der Waals surface area contributed by atoms with Crippen LogP contribution in [-0.4, -0.2) is 21.6 Å². The summed E-state index contributed by atoms with van der Waals surface area (Å²) in [6, 6.07) is 0. The first-order valence-electron chi connectivity index (χ1n) is 5.74. The second-order valence-electron chi connectivity index (χ2n) is 4.31. The van der Waals surface area contributed by atoms with Crippen molar-refractivity contribution in [2.24, 2.45) is 5.73 Å². The van der Waals surface area contributed by atoms with Crippen molar-refractivity contribution < 1.29 is 5.11 Å². The second kappa shape index (κ2) is 4.77. The van der Waals surface area contributed by atoms with Gasteiger partial charge in [-0.1, -0.05) is 19.3 Å². The Morgan fingerprint density at radius 1 is 1.47 bits per heavy atom. The molecule has 84 valence electrons. The van der Waals surface area contributed by atoms with Gasteiger partial charge >= 0.3 is 0 Å². The lowest BCUT2D eigenvalue weighted by atomic mass is 9.87. The fourth-order valence-electron chi connectivity index (χ4n) is 2.25. The number of H-pyrrole nitrogens is 1. The minimum Gasteiger partial charge on any atom is -0.384 e. The number of nitrogens with two attached hydrogens (primary N) is 1. The molecule has 1 aromatic rings. The number of aromatic nitrogens is 2. The van der Waals surface area contributed by atoms with Crippen LogP contribution in [-0.2, 0) is 0 Å². The molecule has 0 aliphatic heterocycles. The van der Waals surface area contributed by atoms with Crippen LogP contribution in [0.4, 0.5) is 0 Å². The average Bonchev–Trinajstić information content (AvgIpc) is 2.78. The summed E-state index contributed by atoms with van der Waals surface area (Å²) in [4.78, 5) is 7.37. The number of aliphatic hydroxyl groups excluding tert-OH is 1. The van der Waals surface area contributed by atoms with Gasteiger partial charge < -0.3 is 15.8 Å². The lowest BCUT2D eigenvalue weighted by molar-refractivity contribution is 0.177. The molecule has 1 fully saturated rings. The van der Waals surface area contributed by atoms with Crippen molar-refractivity contribution in [2.45, 2.75) is 44.1 Å². The zero-order chi connectivity index (χ0) is 10.7. The van der Waals surface area contributed by atoms with E-state index in [9.17, 15) is 5.11 Å². The number of hydrogen-bond donors (Lipinski definition) is 3. The molecule has 1 aliphatic rings. The van der Waals surface area contributed by atoms with E-state index >= 15 is 0 Å². The Bertz CT molecular complexity index is 305. The number of imidazole rings is 1. The Morgan fingerprint density at radius 2 is 2.20 bits per heavy atom. The third-order valence-corrected chi connectivity index (χ3v) is 3.20. The number of aromatic amines is 1. The van der Waals surface area contributed by atoms with Crippen molar-refractivity contribution in [1.82, 2.24) is 9.97 Å². The molecule has 1 atom stereocenters. The van der Waals surface area contributed by atoms with Crippen LogP contribution in [0.2, 0.25) is 0 Å². The Hall–Kier alpha value is -0.870. The lowest BCUT2D eigenvalue weighted by Crippen LogP contribution is -2.13. The second-order valence-corrected chi connectivity index (χ2v) is 4.31. The van der Waals surface area contributed by atoms with Gasteiger partial charge in [-0.3, -0.25) is 0 Å². The number of aliphatic hydroxyl groups is 1. The van der Waals surface area contributed by atoms with Gasteiger partial charge in [-0.15, -0.1) is 0 Å². The molecular weight excluding hydrogens is 190 g/mol. The van der Waals surface area contributed by atoms with Crippen LogP contribution in [0.5, 0.6) is 0 Å². The van der Waals surface area contributed by atoms with Crippen LogP contribution in [0.25, 0.3) is 0 Å². The van der Waals surface area contributed by atoms with Gasteiger partial charge in [0.15, 0.2) is 0 Å². The Kier molecular flexibility index (Phi) is 3.38. The van der Waals surface area contributed by atoms with E-state index in [-0.39, 0.29) is 6.54 Å². The van der Waals surface area contributed by atoms with Crippen molar-refractivity contribution in [1.29, 1.82) is 0 Å². The predicted molar refractivity (Wildman–Crippen MR) is 58.4 cm³/mol. The quantitative estimate of drug-likeness (QED) is 0.705. The monoisotopic (exact) mass is 209 g/mol. The lowest BCUT2D eigenvalue weighted by Gasteiger charge is -2.19. The van der Waals surface area contributed by atoms with E-state index in [4.69, 9.17) is 5.73 Å². The Morgan fingerprint density at radius 3 is 2.87 bits per heavy atom. The van der Waals surface area contributed by atoms with E-state index in [1.807, 2.05) is 6.20 Å². The van der Waals surface area contributed by atoms with E-state index in [0.29, 0.717) is 11.7 Å². The van der Waals surface area contributed by atoms with Crippen LogP contribution in [0.15, 0.2) is 6.20 Å². The molecule has 0 bridgehead atoms.